The third kappa shape index (κ3) is 4.21. The van der Waals surface area contributed by atoms with Crippen molar-refractivity contribution in [3.63, 3.8) is 0 Å². The summed E-state index contributed by atoms with van der Waals surface area (Å²) in [7, 11) is 1.71. The number of halogens is 1. The van der Waals surface area contributed by atoms with Crippen molar-refractivity contribution in [2.24, 2.45) is 0 Å². The third-order valence-corrected chi connectivity index (χ3v) is 4.23. The lowest BCUT2D eigenvalue weighted by Crippen LogP contribution is -2.34. The highest BCUT2D eigenvalue weighted by atomic mass is 35.5. The van der Waals surface area contributed by atoms with Crippen molar-refractivity contribution in [1.29, 1.82) is 0 Å². The number of likely N-dealkylation sites (N-methyl/N-ethyl adjacent to an activating group) is 1. The molecule has 3 aromatic rings. The number of aromatic nitrogens is 2. The van der Waals surface area contributed by atoms with Gasteiger partial charge in [0.15, 0.2) is 0 Å². The molecule has 26 heavy (non-hydrogen) atoms. The van der Waals surface area contributed by atoms with Crippen molar-refractivity contribution in [1.82, 2.24) is 14.7 Å². The topological polar surface area (TPSA) is 64.4 Å². The fourth-order valence-electron chi connectivity index (χ4n) is 2.49. The molecule has 2 aromatic carbocycles. The largest absolute Gasteiger partial charge is 0.492 e. The predicted octanol–water partition coefficient (Wildman–Crippen LogP) is 2.59. The summed E-state index contributed by atoms with van der Waals surface area (Å²) in [5.41, 5.74) is 0.480. The Balaban J connectivity index is 1.60. The van der Waals surface area contributed by atoms with Gasteiger partial charge in [-0.2, -0.15) is 5.10 Å². The number of carbonyl (C=O) groups is 1. The van der Waals surface area contributed by atoms with Crippen LogP contribution in [0.25, 0.3) is 10.9 Å². The lowest BCUT2D eigenvalue weighted by molar-refractivity contribution is -0.131. The third-order valence-electron chi connectivity index (χ3n) is 3.98. The number of para-hydroxylation sites is 1. The summed E-state index contributed by atoms with van der Waals surface area (Å²) in [5, 5.41) is 5.27. The van der Waals surface area contributed by atoms with Crippen LogP contribution in [0.2, 0.25) is 5.02 Å². The van der Waals surface area contributed by atoms with Gasteiger partial charge in [-0.15, -0.1) is 0 Å². The molecule has 0 spiro atoms. The second-order valence-electron chi connectivity index (χ2n) is 5.80. The number of ether oxygens (including phenoxy) is 1. The number of hydrogen-bond donors (Lipinski definition) is 0. The number of rotatable bonds is 6. The van der Waals surface area contributed by atoms with Crippen LogP contribution in [0.3, 0.4) is 0 Å². The van der Waals surface area contributed by atoms with Gasteiger partial charge in [0.2, 0.25) is 11.3 Å². The number of fused-ring (bicyclic) bond motifs is 1. The zero-order valence-corrected chi connectivity index (χ0v) is 15.0. The lowest BCUT2D eigenvalue weighted by Gasteiger charge is -2.18. The van der Waals surface area contributed by atoms with E-state index in [9.17, 15) is 9.59 Å². The molecule has 0 saturated carbocycles. The van der Waals surface area contributed by atoms with E-state index in [1.807, 2.05) is 6.07 Å². The van der Waals surface area contributed by atoms with Crippen LogP contribution in [0.15, 0.2) is 59.5 Å². The van der Waals surface area contributed by atoms with Crippen LogP contribution in [-0.4, -0.2) is 40.8 Å². The Bertz CT molecular complexity index is 970. The molecule has 0 fully saturated rings. The predicted molar refractivity (Wildman–Crippen MR) is 101 cm³/mol. The minimum absolute atomic E-state index is 0.0538. The van der Waals surface area contributed by atoms with Crippen LogP contribution in [-0.2, 0) is 11.3 Å². The van der Waals surface area contributed by atoms with E-state index < -0.39 is 0 Å². The Kier molecular flexibility index (Phi) is 5.53. The molecular formula is C19H18ClN3O3. The van der Waals surface area contributed by atoms with Gasteiger partial charge in [-0.3, -0.25) is 14.3 Å². The van der Waals surface area contributed by atoms with E-state index >= 15 is 0 Å². The average molecular weight is 372 g/mol. The van der Waals surface area contributed by atoms with E-state index in [0.717, 1.165) is 0 Å². The Labute approximate surface area is 155 Å². The summed E-state index contributed by atoms with van der Waals surface area (Å²) >= 11 is 5.83. The summed E-state index contributed by atoms with van der Waals surface area (Å²) < 4.78 is 7.14. The van der Waals surface area contributed by atoms with Crippen LogP contribution in [0, 0.1) is 0 Å². The number of carbonyl (C=O) groups excluding carboxylic acids is 1. The van der Waals surface area contributed by atoms with Gasteiger partial charge in [0.05, 0.1) is 18.3 Å². The van der Waals surface area contributed by atoms with E-state index in [0.29, 0.717) is 34.8 Å². The van der Waals surface area contributed by atoms with Crippen molar-refractivity contribution in [2.45, 2.75) is 6.54 Å². The van der Waals surface area contributed by atoms with Gasteiger partial charge >= 0.3 is 0 Å². The van der Waals surface area contributed by atoms with Gasteiger partial charge in [-0.25, -0.2) is 0 Å². The number of nitrogens with zero attached hydrogens (tertiary/aromatic N) is 3. The van der Waals surface area contributed by atoms with Crippen LogP contribution in [0.4, 0.5) is 0 Å². The van der Waals surface area contributed by atoms with Crippen LogP contribution in [0.1, 0.15) is 0 Å². The first-order valence-electron chi connectivity index (χ1n) is 8.12. The highest BCUT2D eigenvalue weighted by Gasteiger charge is 2.12. The minimum Gasteiger partial charge on any atom is -0.492 e. The molecule has 6 nitrogen and oxygen atoms in total. The number of benzene rings is 2. The number of amides is 1. The molecule has 0 unspecified atom stereocenters. The average Bonchev–Trinajstić information content (AvgIpc) is 2.65. The SMILES string of the molecule is CN(CCOc1ccc(Cl)cc1)C(=O)Cn1ncc(=O)c2ccccc21. The quantitative estimate of drug-likeness (QED) is 0.668. The Morgan fingerprint density at radius 2 is 1.92 bits per heavy atom. The molecule has 134 valence electrons. The van der Waals surface area contributed by atoms with Crippen molar-refractivity contribution >= 4 is 28.4 Å². The van der Waals surface area contributed by atoms with Gasteiger partial charge in [-0.1, -0.05) is 23.7 Å². The van der Waals surface area contributed by atoms with E-state index in [4.69, 9.17) is 16.3 Å². The zero-order chi connectivity index (χ0) is 18.5. The molecule has 0 aliphatic rings. The summed E-state index contributed by atoms with van der Waals surface area (Å²) in [6.07, 6.45) is 1.24. The molecule has 3 rings (SSSR count). The van der Waals surface area contributed by atoms with Crippen molar-refractivity contribution in [2.75, 3.05) is 20.2 Å². The molecule has 0 aliphatic heterocycles. The molecule has 1 heterocycles. The summed E-state index contributed by atoms with van der Waals surface area (Å²) in [6.45, 7) is 0.847. The highest BCUT2D eigenvalue weighted by Crippen LogP contribution is 2.15. The maximum absolute atomic E-state index is 12.4. The molecule has 1 amide bonds. The highest BCUT2D eigenvalue weighted by molar-refractivity contribution is 6.30. The van der Waals surface area contributed by atoms with E-state index in [-0.39, 0.29) is 17.9 Å². The normalized spacial score (nSPS) is 10.7. The molecule has 0 N–H and O–H groups in total. The molecule has 1 aromatic heterocycles. The zero-order valence-electron chi connectivity index (χ0n) is 14.3. The van der Waals surface area contributed by atoms with Gasteiger partial charge in [-0.05, 0) is 36.4 Å². The van der Waals surface area contributed by atoms with E-state index in [1.54, 1.807) is 54.4 Å². The minimum atomic E-state index is -0.158. The van der Waals surface area contributed by atoms with Gasteiger partial charge in [0.25, 0.3) is 0 Å². The second-order valence-corrected chi connectivity index (χ2v) is 6.24. The molecule has 0 aliphatic carbocycles. The van der Waals surface area contributed by atoms with Gasteiger partial charge < -0.3 is 9.64 Å². The fraction of sp³-hybridized carbons (Fsp3) is 0.211. The monoisotopic (exact) mass is 371 g/mol. The lowest BCUT2D eigenvalue weighted by atomic mass is 10.2. The summed E-state index contributed by atoms with van der Waals surface area (Å²) in [6, 6.07) is 14.2. The maximum atomic E-state index is 12.4. The first-order chi connectivity index (χ1) is 12.5. The molecule has 7 heteroatoms. The van der Waals surface area contributed by atoms with E-state index in [2.05, 4.69) is 5.10 Å². The maximum Gasteiger partial charge on any atom is 0.244 e. The first-order valence-corrected chi connectivity index (χ1v) is 8.49. The fourth-order valence-corrected chi connectivity index (χ4v) is 2.62. The Morgan fingerprint density at radius 1 is 1.19 bits per heavy atom. The van der Waals surface area contributed by atoms with E-state index in [1.165, 1.54) is 10.9 Å². The standard InChI is InChI=1S/C19H18ClN3O3/c1-22(10-11-26-15-8-6-14(20)7-9-15)19(25)13-23-17-5-3-2-4-16(17)18(24)12-21-23/h2-9,12H,10-11,13H2,1H3. The number of hydrogen-bond acceptors (Lipinski definition) is 4. The van der Waals surface area contributed by atoms with Crippen LogP contribution in [0.5, 0.6) is 5.75 Å². The summed E-state index contributed by atoms with van der Waals surface area (Å²) in [5.74, 6) is 0.578. The van der Waals surface area contributed by atoms with Crippen molar-refractivity contribution < 1.29 is 9.53 Å². The molecule has 0 atom stereocenters. The first kappa shape index (κ1) is 17.9. The molecule has 0 saturated heterocycles. The summed E-state index contributed by atoms with van der Waals surface area (Å²) in [4.78, 5) is 25.9. The molecule has 0 radical (unpaired) electrons. The van der Waals surface area contributed by atoms with Crippen molar-refractivity contribution in [3.8, 4) is 5.75 Å². The van der Waals surface area contributed by atoms with Gasteiger partial charge in [0, 0.05) is 17.5 Å². The smallest absolute Gasteiger partial charge is 0.244 e. The van der Waals surface area contributed by atoms with Gasteiger partial charge in [0.1, 0.15) is 18.9 Å². The Morgan fingerprint density at radius 3 is 2.69 bits per heavy atom. The van der Waals surface area contributed by atoms with Crippen LogP contribution >= 0.6 is 11.6 Å². The van der Waals surface area contributed by atoms with Crippen molar-refractivity contribution in [3.05, 3.63) is 70.0 Å². The molecular weight excluding hydrogens is 354 g/mol. The Hall–Kier alpha value is -2.86. The molecule has 0 bridgehead atoms. The van der Waals surface area contributed by atoms with Crippen LogP contribution < -0.4 is 10.2 Å². The second kappa shape index (κ2) is 8.01.